The van der Waals surface area contributed by atoms with Crippen LogP contribution in [0.5, 0.6) is 5.75 Å². The summed E-state index contributed by atoms with van der Waals surface area (Å²) in [5.74, 6) is 1.24. The van der Waals surface area contributed by atoms with Gasteiger partial charge in [0.25, 0.3) is 0 Å². The van der Waals surface area contributed by atoms with Gasteiger partial charge in [0.2, 0.25) is 0 Å². The third kappa shape index (κ3) is 4.72. The SMILES string of the molecule is CCCN(CCC)CC(N)(c1cccc(OC)c1)C(C)C. The predicted octanol–water partition coefficient (Wildman–Crippen LogP) is 3.63. The van der Waals surface area contributed by atoms with E-state index in [0.717, 1.165) is 43.8 Å². The molecule has 1 rings (SSSR count). The molecule has 1 unspecified atom stereocenters. The monoisotopic (exact) mass is 292 g/mol. The van der Waals surface area contributed by atoms with Gasteiger partial charge < -0.3 is 15.4 Å². The molecule has 0 fully saturated rings. The molecule has 0 aromatic heterocycles. The van der Waals surface area contributed by atoms with Crippen LogP contribution in [0.15, 0.2) is 24.3 Å². The fourth-order valence-corrected chi connectivity index (χ4v) is 2.79. The molecule has 120 valence electrons. The maximum atomic E-state index is 6.85. The van der Waals surface area contributed by atoms with Crippen molar-refractivity contribution in [2.75, 3.05) is 26.7 Å². The number of ether oxygens (including phenoxy) is 1. The summed E-state index contributed by atoms with van der Waals surface area (Å²) in [6, 6.07) is 8.21. The van der Waals surface area contributed by atoms with Gasteiger partial charge in [0.05, 0.1) is 12.6 Å². The number of methoxy groups -OCH3 is 1. The Hall–Kier alpha value is -1.06. The first-order chi connectivity index (χ1) is 9.97. The highest BCUT2D eigenvalue weighted by Gasteiger charge is 2.33. The lowest BCUT2D eigenvalue weighted by molar-refractivity contribution is 0.171. The lowest BCUT2D eigenvalue weighted by atomic mass is 9.80. The van der Waals surface area contributed by atoms with Gasteiger partial charge >= 0.3 is 0 Å². The Morgan fingerprint density at radius 1 is 1.19 bits per heavy atom. The molecule has 1 aromatic rings. The van der Waals surface area contributed by atoms with Crippen molar-refractivity contribution < 1.29 is 4.74 Å². The van der Waals surface area contributed by atoms with E-state index < -0.39 is 0 Å². The van der Waals surface area contributed by atoms with Crippen molar-refractivity contribution in [3.8, 4) is 5.75 Å². The zero-order valence-corrected chi connectivity index (χ0v) is 14.4. The molecule has 1 atom stereocenters. The Balaban J connectivity index is 3.05. The lowest BCUT2D eigenvalue weighted by Crippen LogP contribution is -2.51. The molecular formula is C18H32N2O. The smallest absolute Gasteiger partial charge is 0.119 e. The molecule has 0 bridgehead atoms. The standard InChI is InChI=1S/C18H32N2O/c1-6-11-20(12-7-2)14-18(19,15(3)4)16-9-8-10-17(13-16)21-5/h8-10,13,15H,6-7,11-12,14,19H2,1-5H3. The topological polar surface area (TPSA) is 38.5 Å². The largest absolute Gasteiger partial charge is 0.497 e. The quantitative estimate of drug-likeness (QED) is 0.755. The van der Waals surface area contributed by atoms with E-state index >= 15 is 0 Å². The van der Waals surface area contributed by atoms with E-state index in [1.807, 2.05) is 12.1 Å². The summed E-state index contributed by atoms with van der Waals surface area (Å²) in [4.78, 5) is 2.49. The van der Waals surface area contributed by atoms with Crippen molar-refractivity contribution in [1.82, 2.24) is 4.90 Å². The molecule has 3 nitrogen and oxygen atoms in total. The van der Waals surface area contributed by atoms with E-state index in [1.54, 1.807) is 7.11 Å². The fraction of sp³-hybridized carbons (Fsp3) is 0.667. The van der Waals surface area contributed by atoms with E-state index in [-0.39, 0.29) is 5.54 Å². The van der Waals surface area contributed by atoms with E-state index in [2.05, 4.69) is 44.7 Å². The maximum absolute atomic E-state index is 6.85. The minimum absolute atomic E-state index is 0.348. The van der Waals surface area contributed by atoms with Crippen molar-refractivity contribution >= 4 is 0 Å². The normalized spacial score (nSPS) is 14.5. The summed E-state index contributed by atoms with van der Waals surface area (Å²) < 4.78 is 5.36. The first-order valence-electron chi connectivity index (χ1n) is 8.13. The van der Waals surface area contributed by atoms with Gasteiger partial charge in [-0.05, 0) is 49.5 Å². The van der Waals surface area contributed by atoms with Crippen molar-refractivity contribution in [2.24, 2.45) is 11.7 Å². The molecule has 3 heteroatoms. The van der Waals surface area contributed by atoms with Gasteiger partial charge in [-0.1, -0.05) is 39.8 Å². The Bertz CT molecular complexity index is 413. The number of nitrogens with zero attached hydrogens (tertiary/aromatic N) is 1. The average Bonchev–Trinajstić information content (AvgIpc) is 2.47. The Labute approximate surface area is 130 Å². The Morgan fingerprint density at radius 2 is 1.81 bits per heavy atom. The van der Waals surface area contributed by atoms with Crippen molar-refractivity contribution in [3.63, 3.8) is 0 Å². The molecular weight excluding hydrogens is 260 g/mol. The van der Waals surface area contributed by atoms with Crippen LogP contribution in [0.4, 0.5) is 0 Å². The highest BCUT2D eigenvalue weighted by atomic mass is 16.5. The van der Waals surface area contributed by atoms with Gasteiger partial charge in [0, 0.05) is 6.54 Å². The number of benzene rings is 1. The summed E-state index contributed by atoms with van der Waals surface area (Å²) in [6.45, 7) is 11.9. The van der Waals surface area contributed by atoms with Crippen LogP contribution in [0.1, 0.15) is 46.1 Å². The summed E-state index contributed by atoms with van der Waals surface area (Å²) in [5.41, 5.74) is 7.66. The molecule has 0 spiro atoms. The molecule has 0 aliphatic heterocycles. The second-order valence-corrected chi connectivity index (χ2v) is 6.20. The van der Waals surface area contributed by atoms with Crippen LogP contribution < -0.4 is 10.5 Å². The van der Waals surface area contributed by atoms with Crippen LogP contribution in [-0.2, 0) is 5.54 Å². The molecule has 0 radical (unpaired) electrons. The average molecular weight is 292 g/mol. The van der Waals surface area contributed by atoms with E-state index in [1.165, 1.54) is 0 Å². The highest BCUT2D eigenvalue weighted by molar-refractivity contribution is 5.34. The zero-order chi connectivity index (χ0) is 15.9. The number of hydrogen-bond acceptors (Lipinski definition) is 3. The summed E-state index contributed by atoms with van der Waals surface area (Å²) in [7, 11) is 1.70. The van der Waals surface area contributed by atoms with Crippen LogP contribution in [-0.4, -0.2) is 31.6 Å². The van der Waals surface area contributed by atoms with Gasteiger partial charge in [-0.15, -0.1) is 0 Å². The van der Waals surface area contributed by atoms with Crippen LogP contribution in [0, 0.1) is 5.92 Å². The van der Waals surface area contributed by atoms with Crippen LogP contribution >= 0.6 is 0 Å². The van der Waals surface area contributed by atoms with Crippen LogP contribution in [0.3, 0.4) is 0 Å². The minimum Gasteiger partial charge on any atom is -0.497 e. The third-order valence-electron chi connectivity index (χ3n) is 4.20. The first-order valence-corrected chi connectivity index (χ1v) is 8.13. The third-order valence-corrected chi connectivity index (χ3v) is 4.20. The number of nitrogens with two attached hydrogens (primary N) is 1. The molecule has 0 saturated carbocycles. The Kier molecular flexibility index (Phi) is 7.20. The summed E-state index contributed by atoms with van der Waals surface area (Å²) in [6.07, 6.45) is 2.32. The van der Waals surface area contributed by atoms with Gasteiger partial charge in [-0.3, -0.25) is 0 Å². The highest BCUT2D eigenvalue weighted by Crippen LogP contribution is 2.30. The maximum Gasteiger partial charge on any atom is 0.119 e. The van der Waals surface area contributed by atoms with Crippen molar-refractivity contribution in [2.45, 2.75) is 46.1 Å². The molecule has 0 aliphatic carbocycles. The zero-order valence-electron chi connectivity index (χ0n) is 14.4. The molecule has 2 N–H and O–H groups in total. The molecule has 21 heavy (non-hydrogen) atoms. The summed E-state index contributed by atoms with van der Waals surface area (Å²) in [5, 5.41) is 0. The van der Waals surface area contributed by atoms with Gasteiger partial charge in [0.15, 0.2) is 0 Å². The van der Waals surface area contributed by atoms with E-state index in [9.17, 15) is 0 Å². The van der Waals surface area contributed by atoms with Crippen molar-refractivity contribution in [3.05, 3.63) is 29.8 Å². The lowest BCUT2D eigenvalue weighted by Gasteiger charge is -2.39. The minimum atomic E-state index is -0.348. The number of hydrogen-bond donors (Lipinski definition) is 1. The van der Waals surface area contributed by atoms with Gasteiger partial charge in [-0.2, -0.15) is 0 Å². The van der Waals surface area contributed by atoms with E-state index in [4.69, 9.17) is 10.5 Å². The molecule has 0 amide bonds. The number of rotatable bonds is 9. The molecule has 0 heterocycles. The fourth-order valence-electron chi connectivity index (χ4n) is 2.79. The first kappa shape index (κ1) is 18.0. The molecule has 1 aromatic carbocycles. The predicted molar refractivity (Wildman–Crippen MR) is 90.7 cm³/mol. The Morgan fingerprint density at radius 3 is 2.29 bits per heavy atom. The van der Waals surface area contributed by atoms with Gasteiger partial charge in [0.1, 0.15) is 5.75 Å². The van der Waals surface area contributed by atoms with Crippen LogP contribution in [0.2, 0.25) is 0 Å². The molecule has 0 aliphatic rings. The van der Waals surface area contributed by atoms with E-state index in [0.29, 0.717) is 5.92 Å². The summed E-state index contributed by atoms with van der Waals surface area (Å²) >= 11 is 0. The second kappa shape index (κ2) is 8.40. The van der Waals surface area contributed by atoms with Gasteiger partial charge in [-0.25, -0.2) is 0 Å². The molecule has 0 saturated heterocycles. The van der Waals surface area contributed by atoms with Crippen LogP contribution in [0.25, 0.3) is 0 Å². The second-order valence-electron chi connectivity index (χ2n) is 6.20. The van der Waals surface area contributed by atoms with Crippen molar-refractivity contribution in [1.29, 1.82) is 0 Å².